The van der Waals surface area contributed by atoms with Gasteiger partial charge in [-0.05, 0) is 34.2 Å². The summed E-state index contributed by atoms with van der Waals surface area (Å²) in [5, 5.41) is 4.16. The van der Waals surface area contributed by atoms with E-state index in [1.165, 1.54) is 13.2 Å². The van der Waals surface area contributed by atoms with Crippen molar-refractivity contribution in [3.05, 3.63) is 24.0 Å². The number of methoxy groups -OCH3 is 1. The van der Waals surface area contributed by atoms with Gasteiger partial charge in [-0.1, -0.05) is 0 Å². The first-order valence-corrected chi connectivity index (χ1v) is 7.51. The van der Waals surface area contributed by atoms with Crippen LogP contribution < -0.4 is 0 Å². The van der Waals surface area contributed by atoms with E-state index >= 15 is 0 Å². The second-order valence-electron chi connectivity index (χ2n) is 2.13. The summed E-state index contributed by atoms with van der Waals surface area (Å²) >= 11 is 2.23. The van der Waals surface area contributed by atoms with Crippen LogP contribution in [0.2, 0.25) is 0 Å². The molecule has 0 bridgehead atoms. The smallest absolute Gasteiger partial charge is 0.330 e. The Morgan fingerprint density at radius 1 is 1.85 bits per heavy atom. The normalized spacial score (nSPS) is 11.5. The van der Waals surface area contributed by atoms with E-state index in [1.54, 1.807) is 10.5 Å². The first kappa shape index (κ1) is 10.7. The van der Waals surface area contributed by atoms with E-state index in [1.807, 2.05) is 12.3 Å². The van der Waals surface area contributed by atoms with Crippen molar-refractivity contribution >= 4 is 40.5 Å². The molecule has 0 radical (unpaired) electrons. The average Bonchev–Trinajstić information content (AvgIpc) is 2.61. The predicted molar refractivity (Wildman–Crippen MR) is 61.0 cm³/mol. The molecule has 0 saturated heterocycles. The van der Waals surface area contributed by atoms with Gasteiger partial charge < -0.3 is 4.74 Å². The van der Waals surface area contributed by atoms with Crippen LogP contribution in [-0.4, -0.2) is 22.6 Å². The van der Waals surface area contributed by atoms with Gasteiger partial charge in [0.15, 0.2) is 0 Å². The number of aromatic nitrogens is 2. The molecule has 1 aromatic heterocycles. The van der Waals surface area contributed by atoms with Crippen LogP contribution in [-0.2, 0) is 9.53 Å². The molecule has 6 heteroatoms. The second-order valence-corrected chi connectivity index (χ2v) is 4.20. The third kappa shape index (κ3) is 3.44. The maximum atomic E-state index is 10.7. The van der Waals surface area contributed by atoms with Crippen LogP contribution in [0.4, 0.5) is 0 Å². The SMILES string of the molecule is COC(=O)/C=C/c1ccn(PI)n1. The fraction of sp³-hybridized carbons (Fsp3) is 0.143. The highest BCUT2D eigenvalue weighted by Crippen LogP contribution is 2.22. The zero-order valence-electron chi connectivity index (χ0n) is 6.90. The van der Waals surface area contributed by atoms with Gasteiger partial charge in [-0.25, -0.2) is 9.25 Å². The van der Waals surface area contributed by atoms with Gasteiger partial charge in [-0.2, -0.15) is 5.10 Å². The van der Waals surface area contributed by atoms with Gasteiger partial charge in [0.1, 0.15) is 0 Å². The molecule has 0 saturated carbocycles. The van der Waals surface area contributed by atoms with E-state index in [0.29, 0.717) is 6.37 Å². The Balaban J connectivity index is 2.63. The predicted octanol–water partition coefficient (Wildman–Crippen LogP) is 1.86. The van der Waals surface area contributed by atoms with Crippen LogP contribution in [0.1, 0.15) is 5.69 Å². The Hall–Kier alpha value is -0.420. The molecule has 1 aromatic rings. The molecule has 70 valence electrons. The third-order valence-corrected chi connectivity index (χ3v) is 3.19. The van der Waals surface area contributed by atoms with Gasteiger partial charge in [0.25, 0.3) is 0 Å². The van der Waals surface area contributed by atoms with Gasteiger partial charge in [-0.3, -0.25) is 0 Å². The first-order chi connectivity index (χ1) is 6.26. The van der Waals surface area contributed by atoms with Crippen molar-refractivity contribution < 1.29 is 9.53 Å². The van der Waals surface area contributed by atoms with Crippen molar-refractivity contribution in [1.29, 1.82) is 0 Å². The third-order valence-electron chi connectivity index (χ3n) is 1.29. The Morgan fingerprint density at radius 3 is 3.15 bits per heavy atom. The van der Waals surface area contributed by atoms with Crippen LogP contribution in [0.25, 0.3) is 6.08 Å². The molecule has 0 aromatic carbocycles. The monoisotopic (exact) mass is 310 g/mol. The number of hydrogen-bond acceptors (Lipinski definition) is 3. The lowest BCUT2D eigenvalue weighted by Gasteiger charge is -1.89. The van der Waals surface area contributed by atoms with E-state index < -0.39 is 0 Å². The molecule has 1 atom stereocenters. The van der Waals surface area contributed by atoms with Gasteiger partial charge in [0, 0.05) is 12.3 Å². The van der Waals surface area contributed by atoms with Gasteiger partial charge in [0.05, 0.1) is 19.2 Å². The lowest BCUT2D eigenvalue weighted by molar-refractivity contribution is -0.134. The van der Waals surface area contributed by atoms with Crippen molar-refractivity contribution in [2.45, 2.75) is 0 Å². The Labute approximate surface area is 90.7 Å². The topological polar surface area (TPSA) is 44.1 Å². The summed E-state index contributed by atoms with van der Waals surface area (Å²) in [5.74, 6) is -0.369. The summed E-state index contributed by atoms with van der Waals surface area (Å²) in [7, 11) is 1.34. The van der Waals surface area contributed by atoms with Gasteiger partial charge in [0.2, 0.25) is 0 Å². The quantitative estimate of drug-likeness (QED) is 0.370. The van der Waals surface area contributed by atoms with E-state index in [4.69, 9.17) is 0 Å². The highest BCUT2D eigenvalue weighted by molar-refractivity contribution is 14.2. The molecule has 0 N–H and O–H groups in total. The standard InChI is InChI=1S/C7H8IN2O2P/c1-12-7(11)3-2-6-4-5-10(9-6)13-8/h2-5,13H,1H3/b3-2+. The minimum absolute atomic E-state index is 0.369. The molecule has 0 spiro atoms. The number of nitrogens with zero attached hydrogens (tertiary/aromatic N) is 2. The molecular formula is C7H8IN2O2P. The molecular weight excluding hydrogens is 302 g/mol. The minimum Gasteiger partial charge on any atom is -0.466 e. The zero-order valence-corrected chi connectivity index (χ0v) is 10.1. The fourth-order valence-electron chi connectivity index (χ4n) is 0.695. The fourth-order valence-corrected chi connectivity index (χ4v) is 1.79. The molecule has 1 rings (SSSR count). The van der Waals surface area contributed by atoms with E-state index in [-0.39, 0.29) is 5.97 Å². The number of ether oxygens (including phenoxy) is 1. The summed E-state index contributed by atoms with van der Waals surface area (Å²) in [4.78, 5) is 10.7. The average molecular weight is 310 g/mol. The maximum Gasteiger partial charge on any atom is 0.330 e. The summed E-state index contributed by atoms with van der Waals surface area (Å²) in [6.45, 7) is 0. The summed E-state index contributed by atoms with van der Waals surface area (Å²) in [5.41, 5.74) is 0.759. The Bertz CT molecular complexity index is 324. The number of esters is 1. The maximum absolute atomic E-state index is 10.7. The van der Waals surface area contributed by atoms with Gasteiger partial charge in [-0.15, -0.1) is 0 Å². The molecule has 4 nitrogen and oxygen atoms in total. The van der Waals surface area contributed by atoms with Crippen LogP contribution in [0.3, 0.4) is 0 Å². The van der Waals surface area contributed by atoms with Crippen molar-refractivity contribution in [1.82, 2.24) is 9.55 Å². The summed E-state index contributed by atoms with van der Waals surface area (Å²) in [6, 6.07) is 1.84. The molecule has 0 aliphatic carbocycles. The molecule has 1 unspecified atom stereocenters. The number of hydrogen-bond donors (Lipinski definition) is 0. The molecule has 0 aliphatic heterocycles. The number of halogens is 1. The Kier molecular flexibility index (Phi) is 4.38. The van der Waals surface area contributed by atoms with Crippen LogP contribution >= 0.6 is 28.4 Å². The highest BCUT2D eigenvalue weighted by atomic mass is 127. The minimum atomic E-state index is -0.369. The number of rotatable bonds is 3. The van der Waals surface area contributed by atoms with Crippen LogP contribution in [0.15, 0.2) is 18.3 Å². The van der Waals surface area contributed by atoms with Crippen molar-refractivity contribution in [2.24, 2.45) is 0 Å². The lowest BCUT2D eigenvalue weighted by atomic mass is 10.4. The van der Waals surface area contributed by atoms with Crippen molar-refractivity contribution in [2.75, 3.05) is 7.11 Å². The molecule has 0 amide bonds. The van der Waals surface area contributed by atoms with Crippen molar-refractivity contribution in [3.8, 4) is 0 Å². The highest BCUT2D eigenvalue weighted by Gasteiger charge is 1.95. The Morgan fingerprint density at radius 2 is 2.62 bits per heavy atom. The summed E-state index contributed by atoms with van der Waals surface area (Å²) < 4.78 is 6.25. The second kappa shape index (κ2) is 5.34. The van der Waals surface area contributed by atoms with Crippen molar-refractivity contribution in [3.63, 3.8) is 0 Å². The lowest BCUT2D eigenvalue weighted by Crippen LogP contribution is -1.93. The van der Waals surface area contributed by atoms with E-state index in [2.05, 4.69) is 31.9 Å². The molecule has 13 heavy (non-hydrogen) atoms. The first-order valence-electron chi connectivity index (χ1n) is 3.44. The van der Waals surface area contributed by atoms with Gasteiger partial charge >= 0.3 is 5.97 Å². The largest absolute Gasteiger partial charge is 0.466 e. The molecule has 1 heterocycles. The zero-order chi connectivity index (χ0) is 9.68. The summed E-state index contributed by atoms with van der Waals surface area (Å²) in [6.07, 6.45) is 5.41. The number of carbonyl (C=O) groups is 1. The molecule has 0 aliphatic rings. The molecule has 0 fully saturated rings. The van der Waals surface area contributed by atoms with E-state index in [0.717, 1.165) is 5.69 Å². The number of carbonyl (C=O) groups excluding carboxylic acids is 1. The van der Waals surface area contributed by atoms with E-state index in [9.17, 15) is 4.79 Å². The van der Waals surface area contributed by atoms with Crippen LogP contribution in [0.5, 0.6) is 0 Å². The van der Waals surface area contributed by atoms with Crippen LogP contribution in [0, 0.1) is 0 Å².